The summed E-state index contributed by atoms with van der Waals surface area (Å²) in [4.78, 5) is 1.48. The summed E-state index contributed by atoms with van der Waals surface area (Å²) >= 11 is 0. The van der Waals surface area contributed by atoms with Crippen LogP contribution in [0.2, 0.25) is 0 Å². The highest BCUT2D eigenvalue weighted by atomic mass is 19.1. The fourth-order valence-electron chi connectivity index (χ4n) is 1.53. The number of fused-ring (bicyclic) bond motifs is 1. The molecule has 13 heavy (non-hydrogen) atoms. The largest absolute Gasteiger partial charge is 0.319 e. The highest BCUT2D eigenvalue weighted by Gasteiger charge is 2.21. The van der Waals surface area contributed by atoms with E-state index in [0.717, 1.165) is 18.1 Å². The van der Waals surface area contributed by atoms with Crippen LogP contribution in [-0.2, 0) is 0 Å². The maximum atomic E-state index is 13.3. The third-order valence-corrected chi connectivity index (χ3v) is 2.11. The summed E-state index contributed by atoms with van der Waals surface area (Å²) in [6, 6.07) is 0. The van der Waals surface area contributed by atoms with Crippen LogP contribution in [0.4, 0.5) is 8.78 Å². The third-order valence-electron chi connectivity index (χ3n) is 2.11. The van der Waals surface area contributed by atoms with E-state index in [2.05, 4.69) is 0 Å². The summed E-state index contributed by atoms with van der Waals surface area (Å²) in [7, 11) is 0. The Kier molecular flexibility index (Phi) is 1.79. The first-order chi connectivity index (χ1) is 6.18. The topological polar surface area (TPSA) is 3.24 Å². The van der Waals surface area contributed by atoms with E-state index in [0.29, 0.717) is 5.70 Å². The number of rotatable bonds is 0. The number of allylic oxidation sites excluding steroid dienone is 5. The van der Waals surface area contributed by atoms with Crippen LogP contribution in [0.1, 0.15) is 13.3 Å². The number of hydrogen-bond donors (Lipinski definition) is 0. The van der Waals surface area contributed by atoms with Crippen LogP contribution in [0.25, 0.3) is 0 Å². The molecular weight excluding hydrogens is 172 g/mol. The quantitative estimate of drug-likeness (QED) is 0.554. The maximum absolute atomic E-state index is 13.3. The third kappa shape index (κ3) is 1.30. The molecule has 0 aromatic heterocycles. The molecule has 0 spiro atoms. The molecule has 0 fully saturated rings. The number of hydrogen-bond acceptors (Lipinski definition) is 1. The minimum Gasteiger partial charge on any atom is -0.319 e. The molecule has 68 valence electrons. The molecule has 0 unspecified atom stereocenters. The zero-order chi connectivity index (χ0) is 9.42. The molecule has 0 N–H and O–H groups in total. The van der Waals surface area contributed by atoms with E-state index < -0.39 is 11.7 Å². The van der Waals surface area contributed by atoms with Crippen LogP contribution in [0, 0.1) is 0 Å². The van der Waals surface area contributed by atoms with Gasteiger partial charge in [-0.25, -0.2) is 8.78 Å². The second-order valence-corrected chi connectivity index (χ2v) is 3.13. The Balaban J connectivity index is 2.49. The highest BCUT2D eigenvalue weighted by molar-refractivity contribution is 5.42. The van der Waals surface area contributed by atoms with Crippen molar-refractivity contribution in [3.63, 3.8) is 0 Å². The summed E-state index contributed by atoms with van der Waals surface area (Å²) in [5, 5.41) is 0. The Morgan fingerprint density at radius 1 is 1.38 bits per heavy atom. The lowest BCUT2D eigenvalue weighted by Gasteiger charge is -2.26. The van der Waals surface area contributed by atoms with E-state index in [9.17, 15) is 8.78 Å². The normalized spacial score (nSPS) is 21.3. The predicted octanol–water partition coefficient (Wildman–Crippen LogP) is 3.16. The van der Waals surface area contributed by atoms with Gasteiger partial charge in [-0.3, -0.25) is 0 Å². The maximum Gasteiger partial charge on any atom is 0.150 e. The molecule has 0 aliphatic carbocycles. The average molecular weight is 181 g/mol. The van der Waals surface area contributed by atoms with Gasteiger partial charge >= 0.3 is 0 Å². The zero-order valence-corrected chi connectivity index (χ0v) is 7.22. The fourth-order valence-corrected chi connectivity index (χ4v) is 1.53. The first-order valence-electron chi connectivity index (χ1n) is 4.08. The van der Waals surface area contributed by atoms with Crippen molar-refractivity contribution in [3.8, 4) is 0 Å². The van der Waals surface area contributed by atoms with Gasteiger partial charge in [0.05, 0.1) is 5.70 Å². The molecule has 0 saturated carbocycles. The summed E-state index contributed by atoms with van der Waals surface area (Å²) in [6.07, 6.45) is 6.46. The molecule has 2 rings (SSSR count). The summed E-state index contributed by atoms with van der Waals surface area (Å²) < 4.78 is 26.0. The summed E-state index contributed by atoms with van der Waals surface area (Å²) in [6.45, 7) is 1.84. The van der Waals surface area contributed by atoms with Gasteiger partial charge in [0.25, 0.3) is 0 Å². The lowest BCUT2D eigenvalue weighted by molar-refractivity contribution is 0.492. The van der Waals surface area contributed by atoms with Crippen LogP contribution in [0.3, 0.4) is 0 Å². The Labute approximate surface area is 75.3 Å². The van der Waals surface area contributed by atoms with E-state index in [-0.39, 0.29) is 0 Å². The molecule has 0 bridgehead atoms. The number of nitrogens with zero attached hydrogens (tertiary/aromatic N) is 1. The minimum absolute atomic E-state index is 0.476. The smallest absolute Gasteiger partial charge is 0.150 e. The van der Waals surface area contributed by atoms with E-state index in [1.54, 1.807) is 6.20 Å². The first kappa shape index (κ1) is 8.23. The average Bonchev–Trinajstić information content (AvgIpc) is 2.02. The Bertz CT molecular complexity index is 361. The highest BCUT2D eigenvalue weighted by Crippen LogP contribution is 2.32. The van der Waals surface area contributed by atoms with Crippen molar-refractivity contribution in [2.45, 2.75) is 13.3 Å². The Hall–Kier alpha value is -1.38. The van der Waals surface area contributed by atoms with Crippen LogP contribution < -0.4 is 0 Å². The van der Waals surface area contributed by atoms with Gasteiger partial charge in [0.2, 0.25) is 0 Å². The van der Waals surface area contributed by atoms with Crippen LogP contribution in [-0.4, -0.2) is 4.90 Å². The minimum atomic E-state index is -0.555. The van der Waals surface area contributed by atoms with Gasteiger partial charge in [-0.1, -0.05) is 6.08 Å². The molecule has 0 atom stereocenters. The standard InChI is InChI=1S/C10H9F2N/c1-7-3-2-4-13-6-8(11)5-9(12)10(7)13/h2,4-6H,3H2,1H3. The molecule has 1 nitrogen and oxygen atoms in total. The fraction of sp³-hybridized carbons (Fsp3) is 0.200. The molecule has 0 radical (unpaired) electrons. The second kappa shape index (κ2) is 2.83. The zero-order valence-electron chi connectivity index (χ0n) is 7.22. The molecular formula is C10H9F2N. The van der Waals surface area contributed by atoms with Crippen LogP contribution >= 0.6 is 0 Å². The van der Waals surface area contributed by atoms with Crippen molar-refractivity contribution in [2.75, 3.05) is 0 Å². The van der Waals surface area contributed by atoms with Gasteiger partial charge in [-0.15, -0.1) is 0 Å². The van der Waals surface area contributed by atoms with E-state index in [4.69, 9.17) is 0 Å². The van der Waals surface area contributed by atoms with E-state index in [1.165, 1.54) is 11.1 Å². The van der Waals surface area contributed by atoms with Gasteiger partial charge in [0, 0.05) is 18.5 Å². The first-order valence-corrected chi connectivity index (χ1v) is 4.08. The van der Waals surface area contributed by atoms with Crippen molar-refractivity contribution >= 4 is 0 Å². The molecule has 0 aromatic carbocycles. The lowest BCUT2D eigenvalue weighted by atomic mass is 10.1. The molecule has 2 heterocycles. The van der Waals surface area contributed by atoms with Gasteiger partial charge in [0.1, 0.15) is 11.7 Å². The molecule has 2 aliphatic rings. The van der Waals surface area contributed by atoms with Crippen molar-refractivity contribution in [2.24, 2.45) is 0 Å². The lowest BCUT2D eigenvalue weighted by Crippen LogP contribution is -2.17. The molecule has 2 aliphatic heterocycles. The molecule has 0 saturated heterocycles. The number of halogens is 2. The van der Waals surface area contributed by atoms with Gasteiger partial charge in [-0.2, -0.15) is 0 Å². The molecule has 3 heteroatoms. The van der Waals surface area contributed by atoms with Gasteiger partial charge in [0.15, 0.2) is 0 Å². The van der Waals surface area contributed by atoms with Crippen LogP contribution in [0.5, 0.6) is 0 Å². The van der Waals surface area contributed by atoms with Gasteiger partial charge in [-0.05, 0) is 18.9 Å². The monoisotopic (exact) mass is 181 g/mol. The second-order valence-electron chi connectivity index (χ2n) is 3.13. The van der Waals surface area contributed by atoms with Crippen molar-refractivity contribution in [3.05, 3.63) is 47.5 Å². The van der Waals surface area contributed by atoms with Crippen molar-refractivity contribution in [1.29, 1.82) is 0 Å². The molecule has 0 amide bonds. The van der Waals surface area contributed by atoms with Crippen molar-refractivity contribution in [1.82, 2.24) is 4.90 Å². The molecule has 0 aromatic rings. The van der Waals surface area contributed by atoms with Crippen LogP contribution in [0.15, 0.2) is 47.5 Å². The SMILES string of the molecule is CC1=C2C(F)=CC(F)=CN2C=CC1. The van der Waals surface area contributed by atoms with E-state index in [1.807, 2.05) is 13.0 Å². The van der Waals surface area contributed by atoms with Crippen molar-refractivity contribution < 1.29 is 8.78 Å². The van der Waals surface area contributed by atoms with E-state index >= 15 is 0 Å². The predicted molar refractivity (Wildman–Crippen MR) is 46.7 cm³/mol. The summed E-state index contributed by atoms with van der Waals surface area (Å²) in [5.74, 6) is -1.05. The Morgan fingerprint density at radius 3 is 2.92 bits per heavy atom. The Morgan fingerprint density at radius 2 is 2.15 bits per heavy atom. The summed E-state index contributed by atoms with van der Waals surface area (Å²) in [5.41, 5.74) is 1.39. The van der Waals surface area contributed by atoms with Gasteiger partial charge < -0.3 is 4.90 Å².